The van der Waals surface area contributed by atoms with Gasteiger partial charge in [0, 0.05) is 7.05 Å². The third-order valence-corrected chi connectivity index (χ3v) is 2.88. The Balaban J connectivity index is 2.53. The normalized spacial score (nSPS) is 9.76. The molecule has 2 aromatic rings. The molecule has 0 bridgehead atoms. The molecule has 0 atom stereocenters. The standard InChI is InChI=1S/C13H12N6O2/c1-18(11-5-3-2-4-9(11)8-14)13-7-10(19(20)21)6-12(16-13)17-15/h2-7H,15H2,1H3,(H,16,17). The largest absolute Gasteiger partial charge is 0.328 e. The summed E-state index contributed by atoms with van der Waals surface area (Å²) in [6.45, 7) is 0. The first-order chi connectivity index (χ1) is 10.1. The number of aromatic nitrogens is 1. The van der Waals surface area contributed by atoms with Gasteiger partial charge in [-0.3, -0.25) is 10.1 Å². The molecule has 0 aliphatic heterocycles. The van der Waals surface area contributed by atoms with Crippen LogP contribution in [0.5, 0.6) is 0 Å². The van der Waals surface area contributed by atoms with Crippen LogP contribution in [0.4, 0.5) is 23.0 Å². The summed E-state index contributed by atoms with van der Waals surface area (Å²) in [4.78, 5) is 16.2. The molecule has 0 aliphatic rings. The molecule has 1 heterocycles. The van der Waals surface area contributed by atoms with Crippen LogP contribution in [-0.2, 0) is 0 Å². The third kappa shape index (κ3) is 2.88. The number of benzene rings is 1. The summed E-state index contributed by atoms with van der Waals surface area (Å²) in [5, 5.41) is 20.1. The van der Waals surface area contributed by atoms with Crippen LogP contribution >= 0.6 is 0 Å². The number of para-hydroxylation sites is 1. The minimum Gasteiger partial charge on any atom is -0.328 e. The predicted octanol–water partition coefficient (Wildman–Crippen LogP) is 1.91. The molecule has 0 saturated heterocycles. The van der Waals surface area contributed by atoms with Crippen LogP contribution in [0.2, 0.25) is 0 Å². The third-order valence-electron chi connectivity index (χ3n) is 2.88. The summed E-state index contributed by atoms with van der Waals surface area (Å²) in [6, 6.07) is 11.5. The van der Waals surface area contributed by atoms with E-state index in [9.17, 15) is 10.1 Å². The van der Waals surface area contributed by atoms with Crippen LogP contribution in [0.3, 0.4) is 0 Å². The van der Waals surface area contributed by atoms with Crippen molar-refractivity contribution in [3.05, 3.63) is 52.1 Å². The highest BCUT2D eigenvalue weighted by Gasteiger charge is 2.16. The maximum Gasteiger partial charge on any atom is 0.276 e. The second-order valence-electron chi connectivity index (χ2n) is 4.16. The number of nitro groups is 1. The molecule has 0 aliphatic carbocycles. The van der Waals surface area contributed by atoms with Crippen LogP contribution in [0.15, 0.2) is 36.4 Å². The Labute approximate surface area is 120 Å². The molecule has 106 valence electrons. The summed E-state index contributed by atoms with van der Waals surface area (Å²) in [5.74, 6) is 5.75. The minimum atomic E-state index is -0.532. The van der Waals surface area contributed by atoms with Gasteiger partial charge in [0.05, 0.1) is 28.3 Å². The average molecular weight is 284 g/mol. The van der Waals surface area contributed by atoms with Crippen LogP contribution in [0.1, 0.15) is 5.56 Å². The Morgan fingerprint density at radius 3 is 2.76 bits per heavy atom. The maximum atomic E-state index is 10.9. The average Bonchev–Trinajstić information content (AvgIpc) is 2.53. The van der Waals surface area contributed by atoms with Gasteiger partial charge in [0.1, 0.15) is 17.7 Å². The zero-order chi connectivity index (χ0) is 15.4. The molecule has 0 saturated carbocycles. The number of nitrogens with zero attached hydrogens (tertiary/aromatic N) is 4. The lowest BCUT2D eigenvalue weighted by Crippen LogP contribution is -2.15. The predicted molar refractivity (Wildman–Crippen MR) is 77.9 cm³/mol. The van der Waals surface area contributed by atoms with Gasteiger partial charge in [-0.25, -0.2) is 10.8 Å². The van der Waals surface area contributed by atoms with Crippen molar-refractivity contribution in [2.45, 2.75) is 0 Å². The number of nitrogens with one attached hydrogen (secondary N) is 1. The van der Waals surface area contributed by atoms with Crippen LogP contribution in [-0.4, -0.2) is 17.0 Å². The Kier molecular flexibility index (Phi) is 3.97. The number of hydrogen-bond donors (Lipinski definition) is 2. The monoisotopic (exact) mass is 284 g/mol. The maximum absolute atomic E-state index is 10.9. The molecule has 3 N–H and O–H groups in total. The molecule has 0 unspecified atom stereocenters. The first-order valence-corrected chi connectivity index (χ1v) is 5.92. The van der Waals surface area contributed by atoms with Crippen molar-refractivity contribution < 1.29 is 4.92 Å². The molecule has 1 aromatic carbocycles. The first-order valence-electron chi connectivity index (χ1n) is 5.92. The molecule has 21 heavy (non-hydrogen) atoms. The van der Waals surface area contributed by atoms with E-state index in [1.54, 1.807) is 36.2 Å². The SMILES string of the molecule is CN(c1cc([N+](=O)[O-])cc(NN)n1)c1ccccc1C#N. The van der Waals surface area contributed by atoms with Crippen molar-refractivity contribution >= 4 is 23.0 Å². The first kappa shape index (κ1) is 14.2. The van der Waals surface area contributed by atoms with Crippen LogP contribution in [0, 0.1) is 21.4 Å². The highest BCUT2D eigenvalue weighted by Crippen LogP contribution is 2.29. The minimum absolute atomic E-state index is 0.144. The quantitative estimate of drug-likeness (QED) is 0.499. The van der Waals surface area contributed by atoms with E-state index in [-0.39, 0.29) is 11.5 Å². The van der Waals surface area contributed by atoms with Crippen molar-refractivity contribution in [2.24, 2.45) is 5.84 Å². The molecule has 0 fully saturated rings. The summed E-state index contributed by atoms with van der Waals surface area (Å²) < 4.78 is 0. The van der Waals surface area contributed by atoms with Gasteiger partial charge in [-0.1, -0.05) is 12.1 Å². The highest BCUT2D eigenvalue weighted by molar-refractivity contribution is 5.69. The van der Waals surface area contributed by atoms with Crippen LogP contribution < -0.4 is 16.2 Å². The summed E-state index contributed by atoms with van der Waals surface area (Å²) in [7, 11) is 1.67. The van der Waals surface area contributed by atoms with Crippen molar-refractivity contribution in [3.8, 4) is 6.07 Å². The van der Waals surface area contributed by atoms with E-state index < -0.39 is 4.92 Å². The molecule has 0 amide bonds. The number of nitrogen functional groups attached to an aromatic ring is 1. The Morgan fingerprint density at radius 1 is 1.43 bits per heavy atom. The Morgan fingerprint density at radius 2 is 2.14 bits per heavy atom. The fraction of sp³-hybridized carbons (Fsp3) is 0.0769. The van der Waals surface area contributed by atoms with E-state index >= 15 is 0 Å². The fourth-order valence-corrected chi connectivity index (χ4v) is 1.84. The number of rotatable bonds is 4. The number of anilines is 3. The zero-order valence-corrected chi connectivity index (χ0v) is 11.1. The van der Waals surface area contributed by atoms with Gasteiger partial charge < -0.3 is 10.3 Å². The van der Waals surface area contributed by atoms with Crippen molar-refractivity contribution in [1.82, 2.24) is 4.98 Å². The smallest absolute Gasteiger partial charge is 0.276 e. The summed E-state index contributed by atoms with van der Waals surface area (Å²) in [6.07, 6.45) is 0. The Hall–Kier alpha value is -3.18. The zero-order valence-electron chi connectivity index (χ0n) is 11.1. The number of nitrogens with two attached hydrogens (primary N) is 1. The van der Waals surface area contributed by atoms with Gasteiger partial charge in [0.15, 0.2) is 0 Å². The van der Waals surface area contributed by atoms with E-state index in [4.69, 9.17) is 11.1 Å². The van der Waals surface area contributed by atoms with Gasteiger partial charge in [-0.2, -0.15) is 5.26 Å². The molecular weight excluding hydrogens is 272 g/mol. The van der Waals surface area contributed by atoms with Crippen molar-refractivity contribution in [3.63, 3.8) is 0 Å². The number of pyridine rings is 1. The summed E-state index contributed by atoms with van der Waals surface area (Å²) in [5.41, 5.74) is 3.18. The molecule has 0 spiro atoms. The fourth-order valence-electron chi connectivity index (χ4n) is 1.84. The summed E-state index contributed by atoms with van der Waals surface area (Å²) >= 11 is 0. The highest BCUT2D eigenvalue weighted by atomic mass is 16.6. The van der Waals surface area contributed by atoms with E-state index in [1.807, 2.05) is 0 Å². The molecule has 0 radical (unpaired) electrons. The second kappa shape index (κ2) is 5.85. The van der Waals surface area contributed by atoms with E-state index in [0.717, 1.165) is 0 Å². The second-order valence-corrected chi connectivity index (χ2v) is 4.16. The van der Waals surface area contributed by atoms with E-state index in [2.05, 4.69) is 16.5 Å². The van der Waals surface area contributed by atoms with Gasteiger partial charge in [-0.05, 0) is 12.1 Å². The molecular formula is C13H12N6O2. The lowest BCUT2D eigenvalue weighted by molar-refractivity contribution is -0.384. The van der Waals surface area contributed by atoms with Gasteiger partial charge in [0.2, 0.25) is 0 Å². The van der Waals surface area contributed by atoms with E-state index in [0.29, 0.717) is 17.1 Å². The molecule has 1 aromatic heterocycles. The van der Waals surface area contributed by atoms with Crippen molar-refractivity contribution in [1.29, 1.82) is 5.26 Å². The molecule has 8 heteroatoms. The number of hydrazine groups is 1. The van der Waals surface area contributed by atoms with Gasteiger partial charge >= 0.3 is 0 Å². The van der Waals surface area contributed by atoms with E-state index in [1.165, 1.54) is 12.1 Å². The lowest BCUT2D eigenvalue weighted by Gasteiger charge is -2.19. The molecule has 2 rings (SSSR count). The Bertz CT molecular complexity index is 725. The van der Waals surface area contributed by atoms with Gasteiger partial charge in [0.25, 0.3) is 5.69 Å². The van der Waals surface area contributed by atoms with Crippen LogP contribution in [0.25, 0.3) is 0 Å². The van der Waals surface area contributed by atoms with Gasteiger partial charge in [-0.15, -0.1) is 0 Å². The molecule has 8 nitrogen and oxygen atoms in total. The number of hydrogen-bond acceptors (Lipinski definition) is 7. The topological polar surface area (TPSA) is 121 Å². The number of nitriles is 1. The lowest BCUT2D eigenvalue weighted by atomic mass is 10.2. The van der Waals surface area contributed by atoms with Crippen molar-refractivity contribution in [2.75, 3.05) is 17.4 Å².